The van der Waals surface area contributed by atoms with Crippen molar-refractivity contribution in [2.24, 2.45) is 5.73 Å². The molecule has 108 valence electrons. The summed E-state index contributed by atoms with van der Waals surface area (Å²) in [7, 11) is 1.39. The number of halogens is 3. The van der Waals surface area contributed by atoms with Crippen molar-refractivity contribution in [3.63, 3.8) is 0 Å². The molecule has 6 nitrogen and oxygen atoms in total. The number of ether oxygens (including phenoxy) is 1. The molecule has 0 saturated heterocycles. The van der Waals surface area contributed by atoms with E-state index < -0.39 is 35.9 Å². The normalized spacial score (nSPS) is 13.5. The molecule has 1 atom stereocenters. The van der Waals surface area contributed by atoms with Gasteiger partial charge in [-0.1, -0.05) is 12.1 Å². The lowest BCUT2D eigenvalue weighted by Gasteiger charge is -2.18. The molecule has 0 spiro atoms. The van der Waals surface area contributed by atoms with Gasteiger partial charge >= 0.3 is 6.18 Å². The molecule has 19 heavy (non-hydrogen) atoms. The number of rotatable bonds is 6. The van der Waals surface area contributed by atoms with Crippen molar-refractivity contribution in [2.75, 3.05) is 13.7 Å². The standard InChI is InChI=1S/C10H15F3N4O2/c1-3-6(5-19-2)17-9(10(11,12)13)7(15-16-17)4-8(14)18/h6H,3-5H2,1-2H3,(H2,14,18). The van der Waals surface area contributed by atoms with E-state index in [9.17, 15) is 18.0 Å². The second-order valence-corrected chi connectivity index (χ2v) is 3.99. The smallest absolute Gasteiger partial charge is 0.382 e. The van der Waals surface area contributed by atoms with Crippen LogP contribution in [-0.2, 0) is 22.1 Å². The molecule has 1 amide bonds. The number of carbonyl (C=O) groups excluding carboxylic acids is 1. The molecule has 0 saturated carbocycles. The third-order valence-electron chi connectivity index (χ3n) is 2.55. The van der Waals surface area contributed by atoms with Crippen molar-refractivity contribution in [2.45, 2.75) is 32.0 Å². The molecule has 9 heteroatoms. The van der Waals surface area contributed by atoms with Gasteiger partial charge in [0, 0.05) is 7.11 Å². The summed E-state index contributed by atoms with van der Waals surface area (Å²) in [5.41, 5.74) is 3.40. The maximum atomic E-state index is 13.0. The minimum absolute atomic E-state index is 0.0684. The Balaban J connectivity index is 3.24. The predicted octanol–water partition coefficient (Wildman–Crippen LogP) is 0.922. The molecule has 0 fully saturated rings. The molecule has 2 N–H and O–H groups in total. The molecular formula is C10H15F3N4O2. The van der Waals surface area contributed by atoms with Crippen LogP contribution in [0.2, 0.25) is 0 Å². The molecule has 1 rings (SSSR count). The zero-order valence-electron chi connectivity index (χ0n) is 10.6. The van der Waals surface area contributed by atoms with Crippen LogP contribution in [0.15, 0.2) is 0 Å². The zero-order chi connectivity index (χ0) is 14.6. The summed E-state index contributed by atoms with van der Waals surface area (Å²) in [5.74, 6) is -0.891. The minimum atomic E-state index is -4.66. The first-order chi connectivity index (χ1) is 8.81. The Kier molecular flexibility index (Phi) is 4.87. The summed E-state index contributed by atoms with van der Waals surface area (Å²) in [6.07, 6.45) is -4.87. The van der Waals surface area contributed by atoms with Gasteiger partial charge in [-0.05, 0) is 6.42 Å². The molecule has 0 aliphatic carbocycles. The number of nitrogens with two attached hydrogens (primary N) is 1. The van der Waals surface area contributed by atoms with Crippen LogP contribution in [0.4, 0.5) is 13.2 Å². The number of primary amides is 1. The summed E-state index contributed by atoms with van der Waals surface area (Å²) in [6.45, 7) is 1.78. The average molecular weight is 280 g/mol. The van der Waals surface area contributed by atoms with Crippen LogP contribution in [0, 0.1) is 0 Å². The SMILES string of the molecule is CCC(COC)n1nnc(CC(N)=O)c1C(F)(F)F. The third kappa shape index (κ3) is 3.66. The fraction of sp³-hybridized carbons (Fsp3) is 0.700. The molecule has 0 aliphatic rings. The molecule has 0 aromatic carbocycles. The van der Waals surface area contributed by atoms with Crippen molar-refractivity contribution in [1.29, 1.82) is 0 Å². The number of amides is 1. The Morgan fingerprint density at radius 2 is 2.16 bits per heavy atom. The largest absolute Gasteiger partial charge is 0.434 e. The summed E-state index contributed by atoms with van der Waals surface area (Å²) < 4.78 is 44.7. The molecule has 1 aromatic heterocycles. The van der Waals surface area contributed by atoms with Crippen LogP contribution in [0.5, 0.6) is 0 Å². The van der Waals surface area contributed by atoms with E-state index in [1.54, 1.807) is 6.92 Å². The number of hydrogen-bond acceptors (Lipinski definition) is 4. The van der Waals surface area contributed by atoms with Crippen molar-refractivity contribution >= 4 is 5.91 Å². The number of hydrogen-bond donors (Lipinski definition) is 1. The van der Waals surface area contributed by atoms with E-state index in [1.807, 2.05) is 0 Å². The van der Waals surface area contributed by atoms with E-state index in [2.05, 4.69) is 10.3 Å². The number of nitrogens with zero attached hydrogens (tertiary/aromatic N) is 3. The number of aromatic nitrogens is 3. The topological polar surface area (TPSA) is 83.0 Å². The Morgan fingerprint density at radius 1 is 1.53 bits per heavy atom. The van der Waals surface area contributed by atoms with Crippen molar-refractivity contribution in [1.82, 2.24) is 15.0 Å². The van der Waals surface area contributed by atoms with E-state index in [0.29, 0.717) is 6.42 Å². The molecular weight excluding hydrogens is 265 g/mol. The van der Waals surface area contributed by atoms with Crippen LogP contribution >= 0.6 is 0 Å². The molecule has 0 aliphatic heterocycles. The second-order valence-electron chi connectivity index (χ2n) is 3.99. The van der Waals surface area contributed by atoms with Gasteiger partial charge < -0.3 is 10.5 Å². The molecule has 1 heterocycles. The van der Waals surface area contributed by atoms with Gasteiger partial charge in [-0.3, -0.25) is 4.79 Å². The first-order valence-corrected chi connectivity index (χ1v) is 5.59. The zero-order valence-corrected chi connectivity index (χ0v) is 10.6. The highest BCUT2D eigenvalue weighted by atomic mass is 19.4. The van der Waals surface area contributed by atoms with Gasteiger partial charge in [0.15, 0.2) is 5.69 Å². The maximum absolute atomic E-state index is 13.0. The Labute approximate surface area is 107 Å². The summed E-state index contributed by atoms with van der Waals surface area (Å²) in [5, 5.41) is 6.89. The van der Waals surface area contributed by atoms with Gasteiger partial charge in [0.1, 0.15) is 5.69 Å². The predicted molar refractivity (Wildman–Crippen MR) is 59.1 cm³/mol. The molecule has 0 radical (unpaired) electrons. The van der Waals surface area contributed by atoms with E-state index in [1.165, 1.54) is 7.11 Å². The summed E-state index contributed by atoms with van der Waals surface area (Å²) in [4.78, 5) is 10.8. The Hall–Kier alpha value is -1.64. The van der Waals surface area contributed by atoms with Crippen LogP contribution < -0.4 is 5.73 Å². The Bertz CT molecular complexity index is 444. The molecule has 1 unspecified atom stereocenters. The van der Waals surface area contributed by atoms with Crippen LogP contribution in [0.1, 0.15) is 30.8 Å². The van der Waals surface area contributed by atoms with E-state index in [4.69, 9.17) is 10.5 Å². The summed E-state index contributed by atoms with van der Waals surface area (Å²) in [6, 6.07) is -0.601. The van der Waals surface area contributed by atoms with Crippen molar-refractivity contribution in [3.05, 3.63) is 11.4 Å². The van der Waals surface area contributed by atoms with E-state index in [0.717, 1.165) is 4.68 Å². The molecule has 1 aromatic rings. The van der Waals surface area contributed by atoms with Gasteiger partial charge in [-0.2, -0.15) is 13.2 Å². The van der Waals surface area contributed by atoms with Gasteiger partial charge in [0.25, 0.3) is 0 Å². The number of alkyl halides is 3. The number of methoxy groups -OCH3 is 1. The lowest BCUT2D eigenvalue weighted by Crippen LogP contribution is -2.24. The lowest BCUT2D eigenvalue weighted by atomic mass is 10.2. The van der Waals surface area contributed by atoms with Gasteiger partial charge in [0.05, 0.1) is 19.1 Å². The highest BCUT2D eigenvalue weighted by Gasteiger charge is 2.40. The third-order valence-corrected chi connectivity index (χ3v) is 2.55. The second kappa shape index (κ2) is 6.00. The van der Waals surface area contributed by atoms with Crippen LogP contribution in [-0.4, -0.2) is 34.6 Å². The first kappa shape index (κ1) is 15.4. The minimum Gasteiger partial charge on any atom is -0.382 e. The maximum Gasteiger partial charge on any atom is 0.434 e. The fourth-order valence-corrected chi connectivity index (χ4v) is 1.71. The highest BCUT2D eigenvalue weighted by Crippen LogP contribution is 2.33. The Morgan fingerprint density at radius 3 is 2.58 bits per heavy atom. The fourth-order valence-electron chi connectivity index (χ4n) is 1.71. The van der Waals surface area contributed by atoms with Gasteiger partial charge in [-0.15, -0.1) is 5.10 Å². The van der Waals surface area contributed by atoms with Gasteiger partial charge in [0.2, 0.25) is 5.91 Å². The van der Waals surface area contributed by atoms with E-state index >= 15 is 0 Å². The van der Waals surface area contributed by atoms with E-state index in [-0.39, 0.29) is 6.61 Å². The average Bonchev–Trinajstić information content (AvgIpc) is 2.68. The van der Waals surface area contributed by atoms with Crippen molar-refractivity contribution < 1.29 is 22.7 Å². The molecule has 0 bridgehead atoms. The van der Waals surface area contributed by atoms with Crippen LogP contribution in [0.25, 0.3) is 0 Å². The highest BCUT2D eigenvalue weighted by molar-refractivity contribution is 5.76. The first-order valence-electron chi connectivity index (χ1n) is 5.59. The van der Waals surface area contributed by atoms with Crippen LogP contribution in [0.3, 0.4) is 0 Å². The van der Waals surface area contributed by atoms with Crippen molar-refractivity contribution in [3.8, 4) is 0 Å². The lowest BCUT2D eigenvalue weighted by molar-refractivity contribution is -0.146. The summed E-state index contributed by atoms with van der Waals surface area (Å²) >= 11 is 0. The van der Waals surface area contributed by atoms with Gasteiger partial charge in [-0.25, -0.2) is 4.68 Å². The monoisotopic (exact) mass is 280 g/mol. The number of carbonyl (C=O) groups is 1. The quantitative estimate of drug-likeness (QED) is 0.840.